The molecule has 1 heterocycles. The third kappa shape index (κ3) is 4.04. The highest BCUT2D eigenvalue weighted by atomic mass is 16.2. The minimum atomic E-state index is -0.209. The van der Waals surface area contributed by atoms with Gasteiger partial charge < -0.3 is 16.0 Å². The van der Waals surface area contributed by atoms with Crippen molar-refractivity contribution in [1.29, 1.82) is 0 Å². The molecular weight excluding hydrogens is 326 g/mol. The van der Waals surface area contributed by atoms with E-state index in [1.807, 2.05) is 17.9 Å². The van der Waals surface area contributed by atoms with Crippen LogP contribution in [-0.2, 0) is 0 Å². The van der Waals surface area contributed by atoms with Crippen molar-refractivity contribution in [2.45, 2.75) is 26.7 Å². The Kier molecular flexibility index (Phi) is 5.26. The highest BCUT2D eigenvalue weighted by molar-refractivity contribution is 6.06. The Hall–Kier alpha value is -2.82. The third-order valence-electron chi connectivity index (χ3n) is 4.97. The lowest BCUT2D eigenvalue weighted by Gasteiger charge is -2.30. The molecule has 2 aromatic rings. The fourth-order valence-corrected chi connectivity index (χ4v) is 3.17. The van der Waals surface area contributed by atoms with Crippen LogP contribution in [0.5, 0.6) is 0 Å². The summed E-state index contributed by atoms with van der Waals surface area (Å²) in [7, 11) is 0. The molecule has 3 rings (SSSR count). The molecule has 0 atom stereocenters. The number of nitrogens with one attached hydrogen (secondary N) is 1. The standard InChI is InChI=1S/C21H25N3O2/c1-14-9-11-24(12-10-14)21(26)16-4-7-18(8-5-16)23-20(25)19-13-17(22)6-3-15(19)2/h3-8,13-14H,9-12,22H2,1-2H3,(H,23,25). The van der Waals surface area contributed by atoms with E-state index in [-0.39, 0.29) is 11.8 Å². The van der Waals surface area contributed by atoms with E-state index in [1.165, 1.54) is 0 Å². The molecule has 5 heteroatoms. The third-order valence-corrected chi connectivity index (χ3v) is 4.97. The molecule has 5 nitrogen and oxygen atoms in total. The predicted octanol–water partition coefficient (Wildman–Crippen LogP) is 3.70. The second kappa shape index (κ2) is 7.60. The van der Waals surface area contributed by atoms with Gasteiger partial charge in [-0.1, -0.05) is 13.0 Å². The first-order valence-electron chi connectivity index (χ1n) is 9.01. The number of hydrogen-bond acceptors (Lipinski definition) is 3. The van der Waals surface area contributed by atoms with E-state index in [1.54, 1.807) is 36.4 Å². The van der Waals surface area contributed by atoms with Crippen LogP contribution in [0.4, 0.5) is 11.4 Å². The van der Waals surface area contributed by atoms with E-state index < -0.39 is 0 Å². The van der Waals surface area contributed by atoms with Crippen LogP contribution >= 0.6 is 0 Å². The van der Waals surface area contributed by atoms with Gasteiger partial charge in [0.05, 0.1) is 0 Å². The number of nitrogen functional groups attached to an aromatic ring is 1. The number of amides is 2. The van der Waals surface area contributed by atoms with Crippen molar-refractivity contribution >= 4 is 23.2 Å². The summed E-state index contributed by atoms with van der Waals surface area (Å²) >= 11 is 0. The molecule has 136 valence electrons. The number of piperidine rings is 1. The van der Waals surface area contributed by atoms with Crippen molar-refractivity contribution in [2.75, 3.05) is 24.1 Å². The van der Waals surface area contributed by atoms with Crippen molar-refractivity contribution in [2.24, 2.45) is 5.92 Å². The molecule has 0 unspecified atom stereocenters. The molecule has 26 heavy (non-hydrogen) atoms. The van der Waals surface area contributed by atoms with E-state index in [4.69, 9.17) is 5.73 Å². The summed E-state index contributed by atoms with van der Waals surface area (Å²) in [5, 5.41) is 2.86. The highest BCUT2D eigenvalue weighted by Gasteiger charge is 2.21. The molecule has 0 bridgehead atoms. The summed E-state index contributed by atoms with van der Waals surface area (Å²) in [6.45, 7) is 5.72. The Morgan fingerprint density at radius 1 is 1.08 bits per heavy atom. The van der Waals surface area contributed by atoms with Crippen LogP contribution in [0.1, 0.15) is 46.0 Å². The zero-order valence-electron chi connectivity index (χ0n) is 15.3. The SMILES string of the molecule is Cc1ccc(N)cc1C(=O)Nc1ccc(C(=O)N2CCC(C)CC2)cc1. The topological polar surface area (TPSA) is 75.4 Å². The summed E-state index contributed by atoms with van der Waals surface area (Å²) in [6.07, 6.45) is 2.11. The van der Waals surface area contributed by atoms with Gasteiger partial charge in [-0.2, -0.15) is 0 Å². The molecular formula is C21H25N3O2. The first-order valence-corrected chi connectivity index (χ1v) is 9.01. The number of anilines is 2. The van der Waals surface area contributed by atoms with Gasteiger partial charge in [-0.15, -0.1) is 0 Å². The van der Waals surface area contributed by atoms with Crippen LogP contribution in [0, 0.1) is 12.8 Å². The molecule has 1 fully saturated rings. The summed E-state index contributed by atoms with van der Waals surface area (Å²) in [4.78, 5) is 26.9. The molecule has 0 saturated carbocycles. The van der Waals surface area contributed by atoms with Crippen LogP contribution in [0.2, 0.25) is 0 Å². The molecule has 0 aliphatic carbocycles. The van der Waals surface area contributed by atoms with E-state index >= 15 is 0 Å². The van der Waals surface area contributed by atoms with Crippen LogP contribution < -0.4 is 11.1 Å². The number of benzene rings is 2. The Balaban J connectivity index is 1.67. The van der Waals surface area contributed by atoms with Crippen molar-refractivity contribution in [3.8, 4) is 0 Å². The number of nitrogens with zero attached hydrogens (tertiary/aromatic N) is 1. The van der Waals surface area contributed by atoms with E-state index in [2.05, 4.69) is 12.2 Å². The fourth-order valence-electron chi connectivity index (χ4n) is 3.17. The average Bonchev–Trinajstić information content (AvgIpc) is 2.64. The van der Waals surface area contributed by atoms with E-state index in [0.717, 1.165) is 31.5 Å². The van der Waals surface area contributed by atoms with Gasteiger partial charge in [-0.3, -0.25) is 9.59 Å². The monoisotopic (exact) mass is 351 g/mol. The quantitative estimate of drug-likeness (QED) is 0.828. The van der Waals surface area contributed by atoms with Crippen LogP contribution in [0.15, 0.2) is 42.5 Å². The molecule has 1 saturated heterocycles. The van der Waals surface area contributed by atoms with Crippen molar-refractivity contribution < 1.29 is 9.59 Å². The summed E-state index contributed by atoms with van der Waals surface area (Å²) in [5.41, 5.74) is 9.04. The Bertz CT molecular complexity index is 807. The zero-order chi connectivity index (χ0) is 18.7. The second-order valence-electron chi connectivity index (χ2n) is 7.08. The Morgan fingerprint density at radius 2 is 1.73 bits per heavy atom. The molecule has 1 aliphatic rings. The van der Waals surface area contributed by atoms with Gasteiger partial charge in [0, 0.05) is 35.6 Å². The van der Waals surface area contributed by atoms with Crippen LogP contribution in [0.25, 0.3) is 0 Å². The zero-order valence-corrected chi connectivity index (χ0v) is 15.3. The van der Waals surface area contributed by atoms with Gasteiger partial charge in [0.25, 0.3) is 11.8 Å². The predicted molar refractivity (Wildman–Crippen MR) is 104 cm³/mol. The molecule has 1 aliphatic heterocycles. The number of hydrogen-bond donors (Lipinski definition) is 2. The Morgan fingerprint density at radius 3 is 2.38 bits per heavy atom. The largest absolute Gasteiger partial charge is 0.399 e. The molecule has 2 amide bonds. The average molecular weight is 351 g/mol. The van der Waals surface area contributed by atoms with Crippen LogP contribution in [0.3, 0.4) is 0 Å². The maximum Gasteiger partial charge on any atom is 0.256 e. The Labute approximate surface area is 154 Å². The summed E-state index contributed by atoms with van der Waals surface area (Å²) < 4.78 is 0. The highest BCUT2D eigenvalue weighted by Crippen LogP contribution is 2.20. The number of nitrogens with two attached hydrogens (primary N) is 1. The van der Waals surface area contributed by atoms with Crippen molar-refractivity contribution in [1.82, 2.24) is 4.90 Å². The van der Waals surface area contributed by atoms with Gasteiger partial charge in [-0.25, -0.2) is 0 Å². The molecule has 0 aromatic heterocycles. The first-order chi connectivity index (χ1) is 12.4. The first kappa shape index (κ1) is 18.0. The smallest absolute Gasteiger partial charge is 0.256 e. The fraction of sp³-hybridized carbons (Fsp3) is 0.333. The van der Waals surface area contributed by atoms with Crippen LogP contribution in [-0.4, -0.2) is 29.8 Å². The number of rotatable bonds is 3. The molecule has 0 radical (unpaired) electrons. The van der Waals surface area contributed by atoms with Gasteiger partial charge in [-0.05, 0) is 67.6 Å². The molecule has 2 aromatic carbocycles. The minimum Gasteiger partial charge on any atom is -0.399 e. The summed E-state index contributed by atoms with van der Waals surface area (Å²) in [5.74, 6) is 0.535. The lowest BCUT2D eigenvalue weighted by Crippen LogP contribution is -2.37. The maximum atomic E-state index is 12.6. The lowest BCUT2D eigenvalue weighted by molar-refractivity contribution is 0.0697. The van der Waals surface area contributed by atoms with E-state index in [9.17, 15) is 9.59 Å². The second-order valence-corrected chi connectivity index (χ2v) is 7.08. The number of likely N-dealkylation sites (tertiary alicyclic amines) is 1. The number of aryl methyl sites for hydroxylation is 1. The maximum absolute atomic E-state index is 12.6. The normalized spacial score (nSPS) is 14.9. The van der Waals surface area contributed by atoms with Gasteiger partial charge in [0.15, 0.2) is 0 Å². The summed E-state index contributed by atoms with van der Waals surface area (Å²) in [6, 6.07) is 12.3. The van der Waals surface area contributed by atoms with Crippen molar-refractivity contribution in [3.05, 3.63) is 59.2 Å². The molecule has 0 spiro atoms. The number of carbonyl (C=O) groups is 2. The molecule has 3 N–H and O–H groups in total. The lowest BCUT2D eigenvalue weighted by atomic mass is 9.98. The number of carbonyl (C=O) groups excluding carboxylic acids is 2. The van der Waals surface area contributed by atoms with Gasteiger partial charge in [0.2, 0.25) is 0 Å². The van der Waals surface area contributed by atoms with E-state index in [0.29, 0.717) is 28.4 Å². The minimum absolute atomic E-state index is 0.0569. The van der Waals surface area contributed by atoms with Gasteiger partial charge >= 0.3 is 0 Å². The van der Waals surface area contributed by atoms with Gasteiger partial charge in [0.1, 0.15) is 0 Å². The van der Waals surface area contributed by atoms with Crippen molar-refractivity contribution in [3.63, 3.8) is 0 Å².